The van der Waals surface area contributed by atoms with Crippen molar-refractivity contribution in [3.63, 3.8) is 0 Å². The molecule has 150 valence electrons. The standard InChI is InChI=1S/C22H17N3O5/c23-22(27)15-2-1-3-17(11-15)30-21-9-6-16(12-24-21)25-20(26)8-5-14-4-7-18-19(10-14)29-13-28-18/h1-12H,13H2,(H2,23,27)(H,25,26)/b8-5+. The summed E-state index contributed by atoms with van der Waals surface area (Å²) in [5.74, 6) is 1.23. The molecular formula is C22H17N3O5. The topological polar surface area (TPSA) is 113 Å². The lowest BCUT2D eigenvalue weighted by molar-refractivity contribution is -0.111. The van der Waals surface area contributed by atoms with Crippen LogP contribution >= 0.6 is 0 Å². The van der Waals surface area contributed by atoms with E-state index in [4.69, 9.17) is 19.9 Å². The monoisotopic (exact) mass is 403 g/mol. The molecule has 2 amide bonds. The van der Waals surface area contributed by atoms with Crippen LogP contribution in [0, 0.1) is 0 Å². The van der Waals surface area contributed by atoms with Gasteiger partial charge in [-0.15, -0.1) is 0 Å². The van der Waals surface area contributed by atoms with Gasteiger partial charge in [-0.3, -0.25) is 9.59 Å². The van der Waals surface area contributed by atoms with Gasteiger partial charge in [0.1, 0.15) is 5.75 Å². The summed E-state index contributed by atoms with van der Waals surface area (Å²) in [4.78, 5) is 27.5. The van der Waals surface area contributed by atoms with E-state index >= 15 is 0 Å². The van der Waals surface area contributed by atoms with Crippen molar-refractivity contribution in [3.8, 4) is 23.1 Å². The number of amides is 2. The van der Waals surface area contributed by atoms with Crippen LogP contribution in [0.1, 0.15) is 15.9 Å². The molecule has 0 atom stereocenters. The largest absolute Gasteiger partial charge is 0.454 e. The molecule has 0 unspecified atom stereocenters. The number of aromatic nitrogens is 1. The van der Waals surface area contributed by atoms with Crippen molar-refractivity contribution >= 4 is 23.6 Å². The lowest BCUT2D eigenvalue weighted by atomic mass is 10.2. The zero-order chi connectivity index (χ0) is 20.9. The van der Waals surface area contributed by atoms with Gasteiger partial charge in [-0.25, -0.2) is 4.98 Å². The average molecular weight is 403 g/mol. The Morgan fingerprint density at radius 1 is 1.07 bits per heavy atom. The van der Waals surface area contributed by atoms with Crippen LogP contribution in [0.5, 0.6) is 23.1 Å². The van der Waals surface area contributed by atoms with Crippen LogP contribution in [0.25, 0.3) is 6.08 Å². The van der Waals surface area contributed by atoms with Crippen molar-refractivity contribution < 1.29 is 23.8 Å². The molecule has 8 heteroatoms. The molecule has 1 aromatic heterocycles. The number of nitrogens with zero attached hydrogens (tertiary/aromatic N) is 1. The fourth-order valence-electron chi connectivity index (χ4n) is 2.72. The highest BCUT2D eigenvalue weighted by Crippen LogP contribution is 2.32. The van der Waals surface area contributed by atoms with Crippen LogP contribution in [0.15, 0.2) is 66.9 Å². The Morgan fingerprint density at radius 3 is 2.73 bits per heavy atom. The number of carbonyl (C=O) groups is 2. The normalized spacial score (nSPS) is 12.0. The van der Waals surface area contributed by atoms with Gasteiger partial charge in [-0.2, -0.15) is 0 Å². The predicted octanol–water partition coefficient (Wildman–Crippen LogP) is 3.35. The Morgan fingerprint density at radius 2 is 1.93 bits per heavy atom. The van der Waals surface area contributed by atoms with Gasteiger partial charge in [0.05, 0.1) is 11.9 Å². The van der Waals surface area contributed by atoms with Crippen molar-refractivity contribution in [1.29, 1.82) is 0 Å². The summed E-state index contributed by atoms with van der Waals surface area (Å²) in [5, 5.41) is 2.72. The Hall–Kier alpha value is -4.33. The van der Waals surface area contributed by atoms with E-state index in [1.54, 1.807) is 48.5 Å². The molecule has 0 fully saturated rings. The first kappa shape index (κ1) is 19.0. The number of nitrogens with two attached hydrogens (primary N) is 1. The Labute approximate surface area is 171 Å². The minimum Gasteiger partial charge on any atom is -0.454 e. The smallest absolute Gasteiger partial charge is 0.248 e. The molecule has 8 nitrogen and oxygen atoms in total. The second-order valence-corrected chi connectivity index (χ2v) is 6.31. The van der Waals surface area contributed by atoms with Crippen molar-refractivity contribution in [2.75, 3.05) is 12.1 Å². The second kappa shape index (κ2) is 8.36. The van der Waals surface area contributed by atoms with Gasteiger partial charge in [-0.05, 0) is 48.0 Å². The van der Waals surface area contributed by atoms with E-state index in [0.717, 1.165) is 5.56 Å². The summed E-state index contributed by atoms with van der Waals surface area (Å²) in [6, 6.07) is 15.2. The number of anilines is 1. The maximum absolute atomic E-state index is 12.1. The maximum atomic E-state index is 12.1. The third kappa shape index (κ3) is 4.56. The minimum atomic E-state index is -0.541. The van der Waals surface area contributed by atoms with E-state index in [0.29, 0.717) is 34.4 Å². The summed E-state index contributed by atoms with van der Waals surface area (Å²) in [5.41, 5.74) is 6.92. The summed E-state index contributed by atoms with van der Waals surface area (Å²) in [6.45, 7) is 0.201. The number of fused-ring (bicyclic) bond motifs is 1. The fourth-order valence-corrected chi connectivity index (χ4v) is 2.72. The predicted molar refractivity (Wildman–Crippen MR) is 109 cm³/mol. The number of hydrogen-bond donors (Lipinski definition) is 2. The molecule has 0 aliphatic carbocycles. The van der Waals surface area contributed by atoms with Crippen LogP contribution in [-0.4, -0.2) is 23.6 Å². The van der Waals surface area contributed by atoms with Crippen LogP contribution < -0.4 is 25.3 Å². The molecule has 0 saturated heterocycles. The molecule has 2 aromatic carbocycles. The van der Waals surface area contributed by atoms with E-state index in [-0.39, 0.29) is 12.7 Å². The molecule has 4 rings (SSSR count). The number of pyridine rings is 1. The highest BCUT2D eigenvalue weighted by Gasteiger charge is 2.12. The molecule has 0 bridgehead atoms. The summed E-state index contributed by atoms with van der Waals surface area (Å²) < 4.78 is 16.2. The quantitative estimate of drug-likeness (QED) is 0.610. The lowest BCUT2D eigenvalue weighted by Crippen LogP contribution is -2.10. The number of nitrogens with one attached hydrogen (secondary N) is 1. The number of primary amides is 1. The summed E-state index contributed by atoms with van der Waals surface area (Å²) in [7, 11) is 0. The van der Waals surface area contributed by atoms with Gasteiger partial charge < -0.3 is 25.3 Å². The molecule has 2 heterocycles. The summed E-state index contributed by atoms with van der Waals surface area (Å²) in [6.07, 6.45) is 4.56. The van der Waals surface area contributed by atoms with E-state index in [9.17, 15) is 9.59 Å². The molecule has 1 aliphatic rings. The number of rotatable bonds is 6. The van der Waals surface area contributed by atoms with Gasteiger partial charge in [0, 0.05) is 17.7 Å². The highest BCUT2D eigenvalue weighted by atomic mass is 16.7. The number of ether oxygens (including phenoxy) is 3. The first-order valence-electron chi connectivity index (χ1n) is 8.99. The number of benzene rings is 2. The first-order valence-corrected chi connectivity index (χ1v) is 8.99. The minimum absolute atomic E-state index is 0.201. The zero-order valence-electron chi connectivity index (χ0n) is 15.7. The van der Waals surface area contributed by atoms with Gasteiger partial charge in [0.25, 0.3) is 0 Å². The van der Waals surface area contributed by atoms with Crippen molar-refractivity contribution in [2.24, 2.45) is 5.73 Å². The number of hydrogen-bond acceptors (Lipinski definition) is 6. The zero-order valence-corrected chi connectivity index (χ0v) is 15.7. The average Bonchev–Trinajstić information content (AvgIpc) is 3.22. The van der Waals surface area contributed by atoms with Crippen molar-refractivity contribution in [2.45, 2.75) is 0 Å². The highest BCUT2D eigenvalue weighted by molar-refractivity contribution is 6.01. The van der Waals surface area contributed by atoms with Gasteiger partial charge in [0.15, 0.2) is 11.5 Å². The Kier molecular flexibility index (Phi) is 5.29. The van der Waals surface area contributed by atoms with Gasteiger partial charge >= 0.3 is 0 Å². The van der Waals surface area contributed by atoms with Crippen LogP contribution in [0.2, 0.25) is 0 Å². The molecule has 3 N–H and O–H groups in total. The van der Waals surface area contributed by atoms with Crippen LogP contribution in [-0.2, 0) is 4.79 Å². The fraction of sp³-hybridized carbons (Fsp3) is 0.0455. The molecule has 3 aromatic rings. The van der Waals surface area contributed by atoms with E-state index in [1.165, 1.54) is 18.3 Å². The van der Waals surface area contributed by atoms with E-state index in [2.05, 4.69) is 10.3 Å². The molecule has 1 aliphatic heterocycles. The van der Waals surface area contributed by atoms with Crippen molar-refractivity contribution in [1.82, 2.24) is 4.98 Å². The SMILES string of the molecule is NC(=O)c1cccc(Oc2ccc(NC(=O)/C=C/c3ccc4c(c3)OCO4)cn2)c1. The molecular weight excluding hydrogens is 386 g/mol. The van der Waals surface area contributed by atoms with Gasteiger partial charge in [-0.1, -0.05) is 12.1 Å². The van der Waals surface area contributed by atoms with Gasteiger partial charge in [0.2, 0.25) is 24.5 Å². The summed E-state index contributed by atoms with van der Waals surface area (Å²) >= 11 is 0. The van der Waals surface area contributed by atoms with E-state index < -0.39 is 5.91 Å². The maximum Gasteiger partial charge on any atom is 0.248 e. The van der Waals surface area contributed by atoms with E-state index in [1.807, 2.05) is 6.07 Å². The molecule has 0 spiro atoms. The first-order chi connectivity index (χ1) is 14.6. The van der Waals surface area contributed by atoms with Crippen LogP contribution in [0.3, 0.4) is 0 Å². The molecule has 30 heavy (non-hydrogen) atoms. The second-order valence-electron chi connectivity index (χ2n) is 6.31. The Balaban J connectivity index is 1.35. The third-order valence-corrected chi connectivity index (χ3v) is 4.17. The lowest BCUT2D eigenvalue weighted by Gasteiger charge is -2.07. The molecule has 0 radical (unpaired) electrons. The third-order valence-electron chi connectivity index (χ3n) is 4.17. The van der Waals surface area contributed by atoms with Crippen molar-refractivity contribution in [3.05, 3.63) is 78.0 Å². The van der Waals surface area contributed by atoms with Crippen LogP contribution in [0.4, 0.5) is 5.69 Å². The Bertz CT molecular complexity index is 1130. The molecule has 0 saturated carbocycles. The number of carbonyl (C=O) groups excluding carboxylic acids is 2.